The zero-order valence-electron chi connectivity index (χ0n) is 13.1. The fourth-order valence-electron chi connectivity index (χ4n) is 3.05. The lowest BCUT2D eigenvalue weighted by Gasteiger charge is -2.40. The lowest BCUT2D eigenvalue weighted by molar-refractivity contribution is 0.00255. The highest BCUT2D eigenvalue weighted by Crippen LogP contribution is 2.43. The third-order valence-corrected chi connectivity index (χ3v) is 5.52. The summed E-state index contributed by atoms with van der Waals surface area (Å²) < 4.78 is 0. The molecule has 128 valence electrons. The Labute approximate surface area is 143 Å². The third-order valence-electron chi connectivity index (χ3n) is 4.45. The first-order valence-electron chi connectivity index (χ1n) is 7.83. The van der Waals surface area contributed by atoms with Crippen molar-refractivity contribution in [2.45, 2.75) is 18.9 Å². The molecule has 1 unspecified atom stereocenters. The van der Waals surface area contributed by atoms with E-state index in [-0.39, 0.29) is 6.54 Å². The van der Waals surface area contributed by atoms with Crippen LogP contribution in [0.15, 0.2) is 30.6 Å². The largest absolute Gasteiger partial charge is 0.465 e. The predicted octanol–water partition coefficient (Wildman–Crippen LogP) is 1.88. The van der Waals surface area contributed by atoms with Crippen LogP contribution in [0, 0.1) is 5.41 Å². The minimum absolute atomic E-state index is 0.224. The van der Waals surface area contributed by atoms with Gasteiger partial charge in [0, 0.05) is 24.4 Å². The van der Waals surface area contributed by atoms with Gasteiger partial charge < -0.3 is 20.8 Å². The lowest BCUT2D eigenvalue weighted by atomic mass is 9.73. The third kappa shape index (κ3) is 3.55. The predicted molar refractivity (Wildman–Crippen MR) is 90.9 cm³/mol. The SMILES string of the molecule is O=C(O)NCC1(C(O)c2cnc(-c3ccccn3)s2)CCNCC1. The molecular weight excluding hydrogens is 328 g/mol. The minimum atomic E-state index is -1.07. The Morgan fingerprint density at radius 2 is 2.17 bits per heavy atom. The molecule has 1 amide bonds. The molecule has 0 aliphatic carbocycles. The lowest BCUT2D eigenvalue weighted by Crippen LogP contribution is -2.47. The molecule has 1 saturated heterocycles. The number of aliphatic hydroxyl groups is 1. The molecule has 1 fully saturated rings. The fourth-order valence-corrected chi connectivity index (χ4v) is 4.07. The van der Waals surface area contributed by atoms with Gasteiger partial charge in [-0.15, -0.1) is 11.3 Å². The van der Waals surface area contributed by atoms with Gasteiger partial charge in [0.25, 0.3) is 0 Å². The van der Waals surface area contributed by atoms with Crippen molar-refractivity contribution in [3.63, 3.8) is 0 Å². The Kier molecular flexibility index (Phi) is 5.08. The number of nitrogens with zero attached hydrogens (tertiary/aromatic N) is 2. The number of piperidine rings is 1. The van der Waals surface area contributed by atoms with E-state index in [1.807, 2.05) is 18.2 Å². The average molecular weight is 348 g/mol. The van der Waals surface area contributed by atoms with Crippen LogP contribution in [-0.4, -0.2) is 45.9 Å². The van der Waals surface area contributed by atoms with Crippen LogP contribution in [0.25, 0.3) is 10.7 Å². The van der Waals surface area contributed by atoms with E-state index in [2.05, 4.69) is 20.6 Å². The van der Waals surface area contributed by atoms with E-state index in [1.54, 1.807) is 12.4 Å². The standard InChI is InChI=1S/C16H20N4O3S/c21-13(16(10-20-15(22)23)4-7-17-8-5-16)12-9-19-14(24-12)11-3-1-2-6-18-11/h1-3,6,9,13,17,20-21H,4-5,7-8,10H2,(H,22,23). The smallest absolute Gasteiger partial charge is 0.404 e. The van der Waals surface area contributed by atoms with Gasteiger partial charge in [-0.2, -0.15) is 0 Å². The monoisotopic (exact) mass is 348 g/mol. The van der Waals surface area contributed by atoms with Gasteiger partial charge in [-0.25, -0.2) is 9.78 Å². The molecule has 7 nitrogen and oxygen atoms in total. The molecule has 3 rings (SSSR count). The molecule has 4 N–H and O–H groups in total. The second-order valence-corrected chi connectivity index (χ2v) is 7.02. The Morgan fingerprint density at radius 3 is 2.83 bits per heavy atom. The maximum Gasteiger partial charge on any atom is 0.404 e. The maximum absolute atomic E-state index is 11.0. The number of pyridine rings is 1. The Bertz CT molecular complexity index is 686. The maximum atomic E-state index is 11.0. The van der Waals surface area contributed by atoms with Gasteiger partial charge in [0.1, 0.15) is 5.01 Å². The fraction of sp³-hybridized carbons (Fsp3) is 0.438. The van der Waals surface area contributed by atoms with E-state index < -0.39 is 17.6 Å². The van der Waals surface area contributed by atoms with Crippen molar-refractivity contribution < 1.29 is 15.0 Å². The van der Waals surface area contributed by atoms with Gasteiger partial charge in [-0.3, -0.25) is 4.98 Å². The summed E-state index contributed by atoms with van der Waals surface area (Å²) in [5.74, 6) is 0. The van der Waals surface area contributed by atoms with Gasteiger partial charge in [0.15, 0.2) is 0 Å². The van der Waals surface area contributed by atoms with E-state index in [1.165, 1.54) is 11.3 Å². The van der Waals surface area contributed by atoms with Gasteiger partial charge in [0.2, 0.25) is 0 Å². The van der Waals surface area contributed by atoms with Crippen LogP contribution in [0.2, 0.25) is 0 Å². The number of carboxylic acid groups (broad SMARTS) is 1. The van der Waals surface area contributed by atoms with Crippen molar-refractivity contribution in [3.05, 3.63) is 35.5 Å². The van der Waals surface area contributed by atoms with Gasteiger partial charge in [-0.1, -0.05) is 6.07 Å². The molecular formula is C16H20N4O3S. The normalized spacial score (nSPS) is 18.0. The summed E-state index contributed by atoms with van der Waals surface area (Å²) >= 11 is 1.40. The first kappa shape index (κ1) is 16.8. The number of hydrogen-bond donors (Lipinski definition) is 4. The molecule has 2 aromatic heterocycles. The zero-order chi connectivity index (χ0) is 17.0. The number of amides is 1. The molecule has 0 bridgehead atoms. The van der Waals surface area contributed by atoms with Crippen molar-refractivity contribution in [1.82, 2.24) is 20.6 Å². The summed E-state index contributed by atoms with van der Waals surface area (Å²) in [5.41, 5.74) is 0.251. The van der Waals surface area contributed by atoms with Crippen molar-refractivity contribution >= 4 is 17.4 Å². The van der Waals surface area contributed by atoms with Crippen LogP contribution < -0.4 is 10.6 Å². The number of rotatable bonds is 5. The van der Waals surface area contributed by atoms with E-state index in [4.69, 9.17) is 5.11 Å². The van der Waals surface area contributed by atoms with Gasteiger partial charge in [0.05, 0.1) is 16.7 Å². The van der Waals surface area contributed by atoms with E-state index >= 15 is 0 Å². The van der Waals surface area contributed by atoms with Crippen LogP contribution in [0.1, 0.15) is 23.8 Å². The first-order chi connectivity index (χ1) is 11.6. The number of aliphatic hydroxyl groups excluding tert-OH is 1. The minimum Gasteiger partial charge on any atom is -0.465 e. The Hall–Kier alpha value is -2.03. The Morgan fingerprint density at radius 1 is 1.38 bits per heavy atom. The summed E-state index contributed by atoms with van der Waals surface area (Å²) in [5, 5.41) is 26.3. The molecule has 8 heteroatoms. The Balaban J connectivity index is 1.83. The molecule has 0 spiro atoms. The summed E-state index contributed by atoms with van der Waals surface area (Å²) in [6.45, 7) is 1.73. The molecule has 1 aliphatic rings. The number of thiazole rings is 1. The van der Waals surface area contributed by atoms with Crippen molar-refractivity contribution in [2.75, 3.05) is 19.6 Å². The highest BCUT2D eigenvalue weighted by molar-refractivity contribution is 7.15. The first-order valence-corrected chi connectivity index (χ1v) is 8.65. The molecule has 0 saturated carbocycles. The number of aromatic nitrogens is 2. The summed E-state index contributed by atoms with van der Waals surface area (Å²) in [7, 11) is 0. The second-order valence-electron chi connectivity index (χ2n) is 5.96. The van der Waals surface area contributed by atoms with Crippen LogP contribution in [0.5, 0.6) is 0 Å². The van der Waals surface area contributed by atoms with Crippen molar-refractivity contribution in [1.29, 1.82) is 0 Å². The average Bonchev–Trinajstić information content (AvgIpc) is 3.11. The molecule has 2 aromatic rings. The van der Waals surface area contributed by atoms with E-state index in [9.17, 15) is 9.90 Å². The van der Waals surface area contributed by atoms with Crippen LogP contribution in [-0.2, 0) is 0 Å². The number of carbonyl (C=O) groups is 1. The summed E-state index contributed by atoms with van der Waals surface area (Å²) in [4.78, 5) is 20.3. The van der Waals surface area contributed by atoms with E-state index in [0.717, 1.165) is 28.7 Å². The molecule has 1 atom stereocenters. The van der Waals surface area contributed by atoms with Crippen molar-refractivity contribution in [2.24, 2.45) is 5.41 Å². The molecule has 1 aliphatic heterocycles. The molecule has 0 radical (unpaired) electrons. The molecule has 24 heavy (non-hydrogen) atoms. The number of hydrogen-bond acceptors (Lipinski definition) is 6. The van der Waals surface area contributed by atoms with Crippen LogP contribution >= 0.6 is 11.3 Å². The van der Waals surface area contributed by atoms with Gasteiger partial charge >= 0.3 is 6.09 Å². The van der Waals surface area contributed by atoms with Crippen molar-refractivity contribution in [3.8, 4) is 10.7 Å². The molecule has 3 heterocycles. The van der Waals surface area contributed by atoms with Crippen LogP contribution in [0.4, 0.5) is 4.79 Å². The van der Waals surface area contributed by atoms with E-state index in [0.29, 0.717) is 12.8 Å². The quantitative estimate of drug-likeness (QED) is 0.657. The summed E-state index contributed by atoms with van der Waals surface area (Å²) in [6, 6.07) is 5.61. The highest BCUT2D eigenvalue weighted by Gasteiger charge is 2.41. The zero-order valence-corrected chi connectivity index (χ0v) is 13.9. The van der Waals surface area contributed by atoms with Crippen LogP contribution in [0.3, 0.4) is 0 Å². The molecule has 0 aromatic carbocycles. The van der Waals surface area contributed by atoms with Gasteiger partial charge in [-0.05, 0) is 38.1 Å². The number of nitrogens with one attached hydrogen (secondary N) is 2. The summed E-state index contributed by atoms with van der Waals surface area (Å²) in [6.07, 6.45) is 2.94. The highest BCUT2D eigenvalue weighted by atomic mass is 32.1. The topological polar surface area (TPSA) is 107 Å². The second kappa shape index (κ2) is 7.25.